The monoisotopic (exact) mass is 663 g/mol. The lowest BCUT2D eigenvalue weighted by Gasteiger charge is -2.24. The molecular formula is C39H45N5O5. The molecule has 2 atom stereocenters. The maximum absolute atomic E-state index is 13.6. The first-order valence-corrected chi connectivity index (χ1v) is 17.3. The van der Waals surface area contributed by atoms with Crippen LogP contribution in [0.2, 0.25) is 0 Å². The molecule has 2 aromatic carbocycles. The summed E-state index contributed by atoms with van der Waals surface area (Å²) in [6.45, 7) is 5.39. The maximum atomic E-state index is 13.6. The Bertz CT molecular complexity index is 1680. The lowest BCUT2D eigenvalue weighted by Crippen LogP contribution is -2.49. The zero-order valence-electron chi connectivity index (χ0n) is 28.3. The molecule has 10 nitrogen and oxygen atoms in total. The molecular weight excluding hydrogens is 618 g/mol. The van der Waals surface area contributed by atoms with E-state index in [0.29, 0.717) is 18.8 Å². The zero-order chi connectivity index (χ0) is 34.6. The van der Waals surface area contributed by atoms with E-state index in [0.717, 1.165) is 53.0 Å². The van der Waals surface area contributed by atoms with Crippen molar-refractivity contribution in [3.63, 3.8) is 0 Å². The van der Waals surface area contributed by atoms with Gasteiger partial charge in [-0.05, 0) is 54.2 Å². The standard InChI is InChI=1S/C39H45N5O5/c1-3-5-6-7-8-21-49-33-16-14-29(15-17-33)32-24-41-36(42-25-32)30-12-9-28(10-13-30)22-35(38(46)44-20-19-31(26-44)39(47)48)43-37(45)34-18-11-27(4-2)23-40-34/h9-18,23-25,31,35H,3-8,19-22,26H2,1-2H3,(H,43,45)(H,47,48)/t31-,35-/m0/s1. The third kappa shape index (κ3) is 9.72. The van der Waals surface area contributed by atoms with E-state index in [1.165, 1.54) is 30.6 Å². The van der Waals surface area contributed by atoms with Gasteiger partial charge in [0.1, 0.15) is 17.5 Å². The number of unbranched alkanes of at least 4 members (excludes halogenated alkanes) is 4. The zero-order valence-corrected chi connectivity index (χ0v) is 28.3. The second-order valence-corrected chi connectivity index (χ2v) is 12.5. The third-order valence-corrected chi connectivity index (χ3v) is 8.93. The minimum absolute atomic E-state index is 0.118. The van der Waals surface area contributed by atoms with E-state index in [2.05, 4.69) is 27.2 Å². The van der Waals surface area contributed by atoms with Crippen LogP contribution in [-0.2, 0) is 22.4 Å². The molecule has 0 spiro atoms. The highest BCUT2D eigenvalue weighted by Gasteiger charge is 2.35. The summed E-state index contributed by atoms with van der Waals surface area (Å²) >= 11 is 0. The summed E-state index contributed by atoms with van der Waals surface area (Å²) in [6, 6.07) is 18.1. The topological polar surface area (TPSA) is 135 Å². The van der Waals surface area contributed by atoms with Crippen LogP contribution < -0.4 is 10.1 Å². The van der Waals surface area contributed by atoms with Gasteiger partial charge in [0.05, 0.1) is 12.5 Å². The van der Waals surface area contributed by atoms with Crippen LogP contribution in [0.15, 0.2) is 79.3 Å². The molecule has 3 heterocycles. The molecule has 0 bridgehead atoms. The summed E-state index contributed by atoms with van der Waals surface area (Å²) in [5, 5.41) is 12.3. The summed E-state index contributed by atoms with van der Waals surface area (Å²) in [7, 11) is 0. The quantitative estimate of drug-likeness (QED) is 0.132. The average molecular weight is 664 g/mol. The number of nitrogens with one attached hydrogen (secondary N) is 1. The molecule has 1 fully saturated rings. The van der Waals surface area contributed by atoms with Crippen molar-refractivity contribution < 1.29 is 24.2 Å². The Hall–Kier alpha value is -5.12. The van der Waals surface area contributed by atoms with Gasteiger partial charge in [-0.2, -0.15) is 0 Å². The number of hydrogen-bond donors (Lipinski definition) is 2. The molecule has 5 rings (SSSR count). The molecule has 2 aromatic heterocycles. The van der Waals surface area contributed by atoms with Gasteiger partial charge in [0.2, 0.25) is 5.91 Å². The fourth-order valence-electron chi connectivity index (χ4n) is 5.87. The van der Waals surface area contributed by atoms with Crippen LogP contribution in [0.3, 0.4) is 0 Å². The molecule has 0 radical (unpaired) electrons. The highest BCUT2D eigenvalue weighted by atomic mass is 16.5. The van der Waals surface area contributed by atoms with Crippen molar-refractivity contribution in [2.75, 3.05) is 19.7 Å². The highest BCUT2D eigenvalue weighted by molar-refractivity contribution is 5.96. The molecule has 0 saturated carbocycles. The number of nitrogens with zero attached hydrogens (tertiary/aromatic N) is 4. The first-order valence-electron chi connectivity index (χ1n) is 17.3. The minimum atomic E-state index is -0.923. The smallest absolute Gasteiger partial charge is 0.308 e. The number of hydrogen-bond acceptors (Lipinski definition) is 7. The van der Waals surface area contributed by atoms with Crippen LogP contribution in [0, 0.1) is 5.92 Å². The molecule has 0 aliphatic carbocycles. The number of benzene rings is 2. The number of pyridine rings is 1. The van der Waals surface area contributed by atoms with Gasteiger partial charge in [0.15, 0.2) is 5.82 Å². The molecule has 10 heteroatoms. The van der Waals surface area contributed by atoms with Gasteiger partial charge in [-0.15, -0.1) is 0 Å². The number of aryl methyl sites for hydroxylation is 1. The molecule has 2 amide bonds. The normalized spacial score (nSPS) is 14.7. The number of aliphatic carboxylic acids is 1. The summed E-state index contributed by atoms with van der Waals surface area (Å²) in [5.41, 5.74) is 4.75. The van der Waals surface area contributed by atoms with Crippen LogP contribution in [0.5, 0.6) is 5.75 Å². The second-order valence-electron chi connectivity index (χ2n) is 12.5. The van der Waals surface area contributed by atoms with Gasteiger partial charge in [-0.1, -0.05) is 82.0 Å². The van der Waals surface area contributed by atoms with Crippen LogP contribution in [-0.4, -0.2) is 68.5 Å². The van der Waals surface area contributed by atoms with Gasteiger partial charge in [-0.3, -0.25) is 19.4 Å². The Morgan fingerprint density at radius 1 is 0.837 bits per heavy atom. The molecule has 256 valence electrons. The van der Waals surface area contributed by atoms with Crippen molar-refractivity contribution in [1.82, 2.24) is 25.2 Å². The van der Waals surface area contributed by atoms with Gasteiger partial charge < -0.3 is 20.1 Å². The summed E-state index contributed by atoms with van der Waals surface area (Å²) in [5.74, 6) is -0.886. The lowest BCUT2D eigenvalue weighted by molar-refractivity contribution is -0.141. The van der Waals surface area contributed by atoms with Gasteiger partial charge in [0, 0.05) is 49.2 Å². The number of likely N-dealkylation sites (tertiary alicyclic amines) is 1. The summed E-state index contributed by atoms with van der Waals surface area (Å²) < 4.78 is 5.89. The Morgan fingerprint density at radius 3 is 2.16 bits per heavy atom. The van der Waals surface area contributed by atoms with Crippen LogP contribution in [0.25, 0.3) is 22.5 Å². The number of carbonyl (C=O) groups excluding carboxylic acids is 2. The van der Waals surface area contributed by atoms with Gasteiger partial charge in [0.25, 0.3) is 5.91 Å². The second kappa shape index (κ2) is 17.3. The van der Waals surface area contributed by atoms with Crippen LogP contribution in [0.1, 0.15) is 74.0 Å². The van der Waals surface area contributed by atoms with Crippen LogP contribution in [0.4, 0.5) is 0 Å². The van der Waals surface area contributed by atoms with Crippen molar-refractivity contribution in [2.45, 2.75) is 71.3 Å². The fraction of sp³-hybridized carbons (Fsp3) is 0.385. The Kier molecular flexibility index (Phi) is 12.4. The predicted molar refractivity (Wildman–Crippen MR) is 188 cm³/mol. The summed E-state index contributed by atoms with van der Waals surface area (Å²) in [4.78, 5) is 53.3. The van der Waals surface area contributed by atoms with Crippen molar-refractivity contribution in [1.29, 1.82) is 0 Å². The molecule has 1 aliphatic rings. The van der Waals surface area contributed by atoms with E-state index in [9.17, 15) is 19.5 Å². The Labute approximate surface area is 288 Å². The first kappa shape index (κ1) is 35.2. The molecule has 49 heavy (non-hydrogen) atoms. The molecule has 4 aromatic rings. The van der Waals surface area contributed by atoms with Gasteiger partial charge >= 0.3 is 5.97 Å². The molecule has 0 unspecified atom stereocenters. The number of ether oxygens (including phenoxy) is 1. The lowest BCUT2D eigenvalue weighted by atomic mass is 10.0. The largest absolute Gasteiger partial charge is 0.494 e. The van der Waals surface area contributed by atoms with E-state index in [1.807, 2.05) is 61.5 Å². The number of carbonyl (C=O) groups is 3. The number of carboxylic acids is 1. The highest BCUT2D eigenvalue weighted by Crippen LogP contribution is 2.24. The predicted octanol–water partition coefficient (Wildman–Crippen LogP) is 6.39. The van der Waals surface area contributed by atoms with E-state index >= 15 is 0 Å². The summed E-state index contributed by atoms with van der Waals surface area (Å²) in [6.07, 6.45) is 12.7. The first-order chi connectivity index (χ1) is 23.8. The molecule has 1 saturated heterocycles. The average Bonchev–Trinajstić information content (AvgIpc) is 3.64. The SMILES string of the molecule is CCCCCCCOc1ccc(-c2cnc(-c3ccc(C[C@H](NC(=O)c4ccc(CC)cn4)C(=O)N4CC[C@H](C(=O)O)C4)cc3)nc2)cc1. The number of aromatic nitrogens is 3. The van der Waals surface area contributed by atoms with Crippen molar-refractivity contribution in [3.8, 4) is 28.3 Å². The van der Waals surface area contributed by atoms with Crippen molar-refractivity contribution in [2.24, 2.45) is 5.92 Å². The third-order valence-electron chi connectivity index (χ3n) is 8.93. The molecule has 2 N–H and O–H groups in total. The maximum Gasteiger partial charge on any atom is 0.308 e. The van der Waals surface area contributed by atoms with E-state index in [-0.39, 0.29) is 24.6 Å². The minimum Gasteiger partial charge on any atom is -0.494 e. The van der Waals surface area contributed by atoms with E-state index < -0.39 is 23.8 Å². The van der Waals surface area contributed by atoms with E-state index in [1.54, 1.807) is 24.7 Å². The molecule has 1 aliphatic heterocycles. The number of carboxylic acid groups (broad SMARTS) is 1. The van der Waals surface area contributed by atoms with Crippen molar-refractivity contribution >= 4 is 17.8 Å². The number of rotatable bonds is 16. The van der Waals surface area contributed by atoms with Crippen LogP contribution >= 0.6 is 0 Å². The van der Waals surface area contributed by atoms with Crippen molar-refractivity contribution in [3.05, 3.63) is 96.1 Å². The van der Waals surface area contributed by atoms with Gasteiger partial charge in [-0.25, -0.2) is 9.97 Å². The Balaban J connectivity index is 1.22. The fourth-order valence-corrected chi connectivity index (χ4v) is 5.87. The Morgan fingerprint density at radius 2 is 1.53 bits per heavy atom. The van der Waals surface area contributed by atoms with E-state index in [4.69, 9.17) is 4.74 Å². The number of amides is 2.